The number of benzene rings is 1. The van der Waals surface area contributed by atoms with Crippen LogP contribution in [0, 0.1) is 0 Å². The van der Waals surface area contributed by atoms with Crippen molar-refractivity contribution in [2.45, 2.75) is 51.8 Å². The zero-order valence-corrected chi connectivity index (χ0v) is 17.2. The fraction of sp³-hybridized carbons (Fsp3) is 0.682. The average Bonchev–Trinajstić information content (AvgIpc) is 2.68. The van der Waals surface area contributed by atoms with Gasteiger partial charge >= 0.3 is 0 Å². The Labute approximate surface area is 164 Å². The van der Waals surface area contributed by atoms with Gasteiger partial charge in [0, 0.05) is 57.5 Å². The van der Waals surface area contributed by atoms with Crippen LogP contribution < -0.4 is 0 Å². The summed E-state index contributed by atoms with van der Waals surface area (Å²) in [7, 11) is 2.17. The number of nitrogens with zero attached hydrogens (tertiary/aromatic N) is 3. The molecule has 0 bridgehead atoms. The molecule has 1 aromatic rings. The van der Waals surface area contributed by atoms with Crippen LogP contribution in [0.3, 0.4) is 0 Å². The van der Waals surface area contributed by atoms with Crippen molar-refractivity contribution in [3.05, 3.63) is 35.4 Å². The topological polar surface area (TPSA) is 36.0 Å². The molecular weight excluding hydrogens is 338 g/mol. The first-order valence-corrected chi connectivity index (χ1v) is 10.5. The summed E-state index contributed by atoms with van der Waals surface area (Å²) >= 11 is 0. The van der Waals surface area contributed by atoms with Gasteiger partial charge < -0.3 is 14.5 Å². The van der Waals surface area contributed by atoms with E-state index in [-0.39, 0.29) is 18.1 Å². The summed E-state index contributed by atoms with van der Waals surface area (Å²) in [5, 5.41) is 0. The van der Waals surface area contributed by atoms with Crippen LogP contribution in [-0.4, -0.2) is 79.1 Å². The quantitative estimate of drug-likeness (QED) is 0.768. The number of hydrogen-bond donors (Lipinski definition) is 0. The lowest BCUT2D eigenvalue weighted by atomic mass is 10.1. The van der Waals surface area contributed by atoms with Gasteiger partial charge in [-0.15, -0.1) is 0 Å². The van der Waals surface area contributed by atoms with Crippen LogP contribution in [0.2, 0.25) is 0 Å². The van der Waals surface area contributed by atoms with E-state index in [2.05, 4.69) is 42.8 Å². The van der Waals surface area contributed by atoms with Gasteiger partial charge in [-0.3, -0.25) is 9.69 Å². The fourth-order valence-corrected chi connectivity index (χ4v) is 3.93. The largest absolute Gasteiger partial charge is 0.376 e. The summed E-state index contributed by atoms with van der Waals surface area (Å²) in [6, 6.07) is 8.36. The van der Waals surface area contributed by atoms with Crippen LogP contribution in [0.1, 0.15) is 49.0 Å². The first-order valence-electron chi connectivity index (χ1n) is 10.5. The van der Waals surface area contributed by atoms with Gasteiger partial charge in [0.05, 0.1) is 6.10 Å². The number of hydrogen-bond acceptors (Lipinski definition) is 4. The number of rotatable bonds is 6. The molecule has 0 aliphatic carbocycles. The fourth-order valence-electron chi connectivity index (χ4n) is 3.93. The second kappa shape index (κ2) is 9.67. The van der Waals surface area contributed by atoms with Gasteiger partial charge in [0.15, 0.2) is 0 Å². The molecule has 0 spiro atoms. The Bertz CT molecular complexity index is 605. The van der Waals surface area contributed by atoms with Gasteiger partial charge in [0.1, 0.15) is 0 Å². The standard InChI is InChI=1S/C22H35N3O2/c1-18(2)25(17-21-9-4-5-14-27-21)22(26)20-8-6-7-19(15-20)16-24-12-10-23(3)11-13-24/h6-8,15,18,21H,4-5,9-14,16-17H2,1-3H3. The Morgan fingerprint density at radius 3 is 2.67 bits per heavy atom. The second-order valence-electron chi connectivity index (χ2n) is 8.32. The molecule has 5 nitrogen and oxygen atoms in total. The Balaban J connectivity index is 1.65. The summed E-state index contributed by atoms with van der Waals surface area (Å²) in [6.07, 6.45) is 3.57. The third-order valence-electron chi connectivity index (χ3n) is 5.73. The van der Waals surface area contributed by atoms with Crippen molar-refractivity contribution in [2.24, 2.45) is 0 Å². The van der Waals surface area contributed by atoms with Crippen LogP contribution in [0.4, 0.5) is 0 Å². The molecule has 150 valence electrons. The highest BCUT2D eigenvalue weighted by atomic mass is 16.5. The van der Waals surface area contributed by atoms with Crippen molar-refractivity contribution >= 4 is 5.91 Å². The minimum Gasteiger partial charge on any atom is -0.376 e. The average molecular weight is 374 g/mol. The molecule has 0 aromatic heterocycles. The molecule has 0 N–H and O–H groups in total. The molecule has 1 unspecified atom stereocenters. The van der Waals surface area contributed by atoms with Crippen molar-refractivity contribution in [1.82, 2.24) is 14.7 Å². The molecule has 2 aliphatic heterocycles. The predicted octanol–water partition coefficient (Wildman–Crippen LogP) is 2.85. The Morgan fingerprint density at radius 2 is 2.00 bits per heavy atom. The minimum absolute atomic E-state index is 0.124. The molecule has 5 heteroatoms. The summed E-state index contributed by atoms with van der Waals surface area (Å²) in [5.74, 6) is 0.124. The molecule has 1 amide bonds. The van der Waals surface area contributed by atoms with Gasteiger partial charge in [-0.2, -0.15) is 0 Å². The highest BCUT2D eigenvalue weighted by molar-refractivity contribution is 5.94. The monoisotopic (exact) mass is 373 g/mol. The molecule has 1 atom stereocenters. The molecular formula is C22H35N3O2. The van der Waals surface area contributed by atoms with Gasteiger partial charge in [-0.1, -0.05) is 12.1 Å². The maximum absolute atomic E-state index is 13.2. The van der Waals surface area contributed by atoms with E-state index in [9.17, 15) is 4.79 Å². The number of amides is 1. The lowest BCUT2D eigenvalue weighted by molar-refractivity contribution is -0.00830. The van der Waals surface area contributed by atoms with E-state index in [1.54, 1.807) is 0 Å². The number of carbonyl (C=O) groups is 1. The first kappa shape index (κ1) is 20.3. The Kier molecular flexibility index (Phi) is 7.27. The minimum atomic E-state index is 0.124. The molecule has 1 aromatic carbocycles. The third kappa shape index (κ3) is 5.77. The lowest BCUT2D eigenvalue weighted by Crippen LogP contribution is -2.44. The summed E-state index contributed by atoms with van der Waals surface area (Å²) in [6.45, 7) is 11.0. The molecule has 27 heavy (non-hydrogen) atoms. The van der Waals surface area contributed by atoms with Gasteiger partial charge in [0.2, 0.25) is 0 Å². The van der Waals surface area contributed by atoms with Crippen LogP contribution in [0.25, 0.3) is 0 Å². The zero-order valence-electron chi connectivity index (χ0n) is 17.2. The van der Waals surface area contributed by atoms with E-state index in [0.717, 1.165) is 57.7 Å². The van der Waals surface area contributed by atoms with Crippen LogP contribution in [0.5, 0.6) is 0 Å². The molecule has 3 rings (SSSR count). The number of likely N-dealkylation sites (N-methyl/N-ethyl adjacent to an activating group) is 1. The molecule has 0 radical (unpaired) electrons. The zero-order chi connectivity index (χ0) is 19.2. The van der Waals surface area contributed by atoms with Gasteiger partial charge in [0.25, 0.3) is 5.91 Å². The normalized spacial score (nSPS) is 22.1. The smallest absolute Gasteiger partial charge is 0.254 e. The van der Waals surface area contributed by atoms with Crippen molar-refractivity contribution < 1.29 is 9.53 Å². The number of carbonyl (C=O) groups excluding carboxylic acids is 1. The molecule has 2 saturated heterocycles. The maximum Gasteiger partial charge on any atom is 0.254 e. The van der Waals surface area contributed by atoms with Gasteiger partial charge in [-0.25, -0.2) is 0 Å². The molecule has 2 fully saturated rings. The van der Waals surface area contributed by atoms with Crippen molar-refractivity contribution in [1.29, 1.82) is 0 Å². The first-order chi connectivity index (χ1) is 13.0. The van der Waals surface area contributed by atoms with E-state index in [1.807, 2.05) is 17.0 Å². The number of piperazine rings is 1. The van der Waals surface area contributed by atoms with Gasteiger partial charge in [-0.05, 0) is 57.9 Å². The van der Waals surface area contributed by atoms with Crippen LogP contribution >= 0.6 is 0 Å². The van der Waals surface area contributed by atoms with Crippen LogP contribution in [0.15, 0.2) is 24.3 Å². The highest BCUT2D eigenvalue weighted by Crippen LogP contribution is 2.18. The Hall–Kier alpha value is -1.43. The van der Waals surface area contributed by atoms with Crippen molar-refractivity contribution in [3.8, 4) is 0 Å². The Morgan fingerprint density at radius 1 is 1.22 bits per heavy atom. The predicted molar refractivity (Wildman–Crippen MR) is 109 cm³/mol. The maximum atomic E-state index is 13.2. The summed E-state index contributed by atoms with van der Waals surface area (Å²) in [4.78, 5) is 20.0. The molecule has 2 heterocycles. The SMILES string of the molecule is CC(C)N(CC1CCCCO1)C(=O)c1cccc(CN2CCN(C)CC2)c1. The van der Waals surface area contributed by atoms with E-state index >= 15 is 0 Å². The third-order valence-corrected chi connectivity index (χ3v) is 5.73. The second-order valence-corrected chi connectivity index (χ2v) is 8.32. The summed E-state index contributed by atoms with van der Waals surface area (Å²) < 4.78 is 5.87. The summed E-state index contributed by atoms with van der Waals surface area (Å²) in [5.41, 5.74) is 2.02. The van der Waals surface area contributed by atoms with Crippen molar-refractivity contribution in [2.75, 3.05) is 46.4 Å². The highest BCUT2D eigenvalue weighted by Gasteiger charge is 2.25. The van der Waals surface area contributed by atoms with Crippen LogP contribution in [-0.2, 0) is 11.3 Å². The van der Waals surface area contributed by atoms with E-state index in [0.29, 0.717) is 6.54 Å². The van der Waals surface area contributed by atoms with Crippen molar-refractivity contribution in [3.63, 3.8) is 0 Å². The molecule has 2 aliphatic rings. The van der Waals surface area contributed by atoms with E-state index in [4.69, 9.17) is 4.74 Å². The number of ether oxygens (including phenoxy) is 1. The van der Waals surface area contributed by atoms with E-state index < -0.39 is 0 Å². The van der Waals surface area contributed by atoms with E-state index in [1.165, 1.54) is 12.0 Å². The lowest BCUT2D eigenvalue weighted by Gasteiger charge is -2.33. The molecule has 0 saturated carbocycles.